The van der Waals surface area contributed by atoms with E-state index in [-0.39, 0.29) is 0 Å². The van der Waals surface area contributed by atoms with Crippen LogP contribution in [0.25, 0.3) is 0 Å². The molecule has 120 valence electrons. The molecule has 0 aromatic carbocycles. The van der Waals surface area contributed by atoms with Crippen molar-refractivity contribution in [1.29, 1.82) is 0 Å². The van der Waals surface area contributed by atoms with Crippen molar-refractivity contribution in [3.05, 3.63) is 24.5 Å². The molecule has 21 heavy (non-hydrogen) atoms. The first-order chi connectivity index (χ1) is 9.43. The Labute approximate surface area is 147 Å². The third-order valence-electron chi connectivity index (χ3n) is 1.85. The molecule has 1 rings (SSSR count). The standard InChI is InChI=1S/C7H10N2.C6H18AsSi2.2CH3.Al/c1-9(2)7-3-5-8-6-4-7;1-8(2,3)7-9(4,5)6;;;/h3-6H,1-2H3;1-6H3;2*1H3;. The van der Waals surface area contributed by atoms with Crippen molar-refractivity contribution in [2.45, 2.75) is 50.9 Å². The van der Waals surface area contributed by atoms with Crippen LogP contribution in [0.5, 0.6) is 0 Å². The first-order valence-electron chi connectivity index (χ1n) is 7.48. The smallest absolute Gasteiger partial charge is 0.115 e. The van der Waals surface area contributed by atoms with E-state index in [1.54, 1.807) is 12.4 Å². The molecular weight excluding hydrogens is 366 g/mol. The van der Waals surface area contributed by atoms with Crippen molar-refractivity contribution in [3.63, 3.8) is 0 Å². The maximum atomic E-state index is 3.90. The number of hydrogen-bond donors (Lipinski definition) is 0. The van der Waals surface area contributed by atoms with E-state index in [9.17, 15) is 0 Å². The van der Waals surface area contributed by atoms with Gasteiger partial charge in [-0.3, -0.25) is 4.98 Å². The van der Waals surface area contributed by atoms with Crippen LogP contribution in [-0.4, -0.2) is 61.8 Å². The van der Waals surface area contributed by atoms with E-state index >= 15 is 0 Å². The van der Waals surface area contributed by atoms with Gasteiger partial charge in [-0.25, -0.2) is 0 Å². The molecule has 0 aliphatic carbocycles. The summed E-state index contributed by atoms with van der Waals surface area (Å²) in [6.07, 6.45) is 3.57. The third-order valence-corrected chi connectivity index (χ3v) is 32.6. The average molecular weight is 401 g/mol. The Hall–Kier alpha value is 0.475. The van der Waals surface area contributed by atoms with E-state index in [1.807, 2.05) is 31.1 Å². The minimum Gasteiger partial charge on any atom is -0.115 e. The largest absolute Gasteiger partial charge is 0.191 e. The van der Waals surface area contributed by atoms with Crippen LogP contribution in [0.3, 0.4) is 0 Å². The molecule has 0 unspecified atom stereocenters. The van der Waals surface area contributed by atoms with E-state index in [2.05, 4.69) is 55.8 Å². The number of hydrogen-bond acceptors (Lipinski definition) is 2. The van der Waals surface area contributed by atoms with Gasteiger partial charge in [0, 0.05) is 32.2 Å². The van der Waals surface area contributed by atoms with Gasteiger partial charge in [-0.15, -0.1) is 11.6 Å². The molecule has 1 aromatic rings. The molecule has 0 aliphatic heterocycles. The summed E-state index contributed by atoms with van der Waals surface area (Å²) in [6.45, 7) is 13.8. The Kier molecular flexibility index (Phi) is 13.5. The van der Waals surface area contributed by atoms with Crippen molar-refractivity contribution >= 4 is 48.4 Å². The Bertz CT molecular complexity index is 337. The molecule has 2 nitrogen and oxygen atoms in total. The van der Waals surface area contributed by atoms with Crippen LogP contribution < -0.4 is 4.90 Å². The van der Waals surface area contributed by atoms with Gasteiger partial charge in [0.25, 0.3) is 0 Å². The summed E-state index contributed by atoms with van der Waals surface area (Å²) in [5.74, 6) is 4.42. The zero-order valence-corrected chi connectivity index (χ0v) is 20.8. The second-order valence-corrected chi connectivity index (χ2v) is 39.0. The fraction of sp³-hybridized carbons (Fsp3) is 0.667. The normalized spacial score (nSPS) is 10.6. The summed E-state index contributed by atoms with van der Waals surface area (Å²) in [6, 6.07) is 3.94. The third kappa shape index (κ3) is 20.5. The van der Waals surface area contributed by atoms with Gasteiger partial charge in [-0.2, -0.15) is 0 Å². The monoisotopic (exact) mass is 400 g/mol. The molecule has 1 heterocycles. The maximum absolute atomic E-state index is 3.90. The zero-order valence-electron chi connectivity index (χ0n) is 15.7. The molecular formula is C15H34AlAsN2Si2. The zero-order chi connectivity index (χ0) is 17.1. The van der Waals surface area contributed by atoms with Gasteiger partial charge in [0.15, 0.2) is 15.2 Å². The van der Waals surface area contributed by atoms with Crippen molar-refractivity contribution in [2.75, 3.05) is 19.0 Å². The predicted octanol–water partition coefficient (Wildman–Crippen LogP) is 4.29. The Balaban J connectivity index is 0. The van der Waals surface area contributed by atoms with Gasteiger partial charge in [0.1, 0.15) is 0 Å². The van der Waals surface area contributed by atoms with Gasteiger partial charge in [-0.1, -0.05) is 0 Å². The van der Waals surface area contributed by atoms with E-state index in [0.29, 0.717) is 0 Å². The van der Waals surface area contributed by atoms with Crippen molar-refractivity contribution < 1.29 is 0 Å². The molecule has 2 radical (unpaired) electrons. The van der Waals surface area contributed by atoms with Crippen molar-refractivity contribution in [2.24, 2.45) is 0 Å². The summed E-state index contributed by atoms with van der Waals surface area (Å²) >= 11 is 1.51. The summed E-state index contributed by atoms with van der Waals surface area (Å²) in [5, 5.41) is 0. The molecule has 0 bridgehead atoms. The van der Waals surface area contributed by atoms with Crippen molar-refractivity contribution in [1.82, 2.24) is 4.98 Å². The SMILES string of the molecule is CN(C)c1ccncc1.C[Si](C)(C)[As][Si](C)(C)C.[CH3][Al][CH3]. The van der Waals surface area contributed by atoms with Crippen LogP contribution in [-0.2, 0) is 0 Å². The minimum absolute atomic E-state index is 0.637. The fourth-order valence-corrected chi connectivity index (χ4v) is 47.7. The summed E-state index contributed by atoms with van der Waals surface area (Å²) in [5.41, 5.74) is 1.19. The predicted molar refractivity (Wildman–Crippen MR) is 108 cm³/mol. The first-order valence-corrected chi connectivity index (χ1v) is 22.3. The average Bonchev–Trinajstić information content (AvgIpc) is 2.27. The van der Waals surface area contributed by atoms with Gasteiger partial charge in [0.05, 0.1) is 0 Å². The first kappa shape index (κ1) is 23.7. The molecule has 0 saturated carbocycles. The van der Waals surface area contributed by atoms with Crippen LogP contribution in [0.15, 0.2) is 24.5 Å². The summed E-state index contributed by atoms with van der Waals surface area (Å²) < 4.78 is 0. The quantitative estimate of drug-likeness (QED) is 0.704. The number of nitrogens with zero attached hydrogens (tertiary/aromatic N) is 2. The van der Waals surface area contributed by atoms with Crippen LogP contribution in [0, 0.1) is 0 Å². The van der Waals surface area contributed by atoms with Crippen LogP contribution >= 0.6 is 0 Å². The fourth-order valence-electron chi connectivity index (χ4n) is 1.65. The number of pyridine rings is 1. The molecule has 1 aromatic heterocycles. The van der Waals surface area contributed by atoms with E-state index in [0.717, 1.165) is 29.7 Å². The van der Waals surface area contributed by atoms with Crippen LogP contribution in [0.2, 0.25) is 50.9 Å². The van der Waals surface area contributed by atoms with E-state index in [1.165, 1.54) is 5.69 Å². The molecule has 0 fully saturated rings. The van der Waals surface area contributed by atoms with Crippen LogP contribution in [0.4, 0.5) is 5.69 Å². The number of anilines is 1. The number of aromatic nitrogens is 1. The molecule has 0 aliphatic rings. The van der Waals surface area contributed by atoms with E-state index in [4.69, 9.17) is 0 Å². The topological polar surface area (TPSA) is 16.1 Å². The summed E-state index contributed by atoms with van der Waals surface area (Å²) in [7, 11) is 4.02. The molecule has 0 saturated heterocycles. The van der Waals surface area contributed by atoms with E-state index < -0.39 is 13.1 Å². The van der Waals surface area contributed by atoms with Crippen molar-refractivity contribution in [3.8, 4) is 0 Å². The molecule has 0 amide bonds. The molecule has 6 heteroatoms. The maximum Gasteiger partial charge on any atom is 0.191 e. The Morgan fingerprint density at radius 3 is 1.38 bits per heavy atom. The number of rotatable bonds is 3. The van der Waals surface area contributed by atoms with Gasteiger partial charge in [0.2, 0.25) is 0 Å². The Morgan fingerprint density at radius 1 is 0.905 bits per heavy atom. The minimum atomic E-state index is -0.637. The van der Waals surface area contributed by atoms with Crippen LogP contribution in [0.1, 0.15) is 0 Å². The second-order valence-electron chi connectivity index (χ2n) is 7.13. The molecule has 0 N–H and O–H groups in total. The van der Waals surface area contributed by atoms with Gasteiger partial charge < -0.3 is 4.90 Å². The van der Waals surface area contributed by atoms with Gasteiger partial charge >= 0.3 is 66.8 Å². The molecule has 0 spiro atoms. The Morgan fingerprint density at radius 2 is 1.24 bits per heavy atom. The van der Waals surface area contributed by atoms with Gasteiger partial charge in [-0.05, 0) is 12.1 Å². The molecule has 0 atom stereocenters. The summed E-state index contributed by atoms with van der Waals surface area (Å²) in [4.78, 5) is 5.94. The second kappa shape index (κ2) is 12.0.